The lowest BCUT2D eigenvalue weighted by Crippen LogP contribution is -2.53. The van der Waals surface area contributed by atoms with Gasteiger partial charge in [0.1, 0.15) is 11.6 Å². The summed E-state index contributed by atoms with van der Waals surface area (Å²) < 4.78 is 7.34. The highest BCUT2D eigenvalue weighted by molar-refractivity contribution is 7.98. The predicted octanol–water partition coefficient (Wildman–Crippen LogP) is 3.02. The van der Waals surface area contributed by atoms with Crippen molar-refractivity contribution in [3.8, 4) is 11.4 Å². The number of carbonyl (C=O) groups excluding carboxylic acids is 2. The van der Waals surface area contributed by atoms with E-state index >= 15 is 0 Å². The van der Waals surface area contributed by atoms with Crippen molar-refractivity contribution in [3.63, 3.8) is 0 Å². The van der Waals surface area contributed by atoms with Crippen molar-refractivity contribution in [2.24, 2.45) is 0 Å². The number of hydrogen-bond acceptors (Lipinski definition) is 6. The fourth-order valence-corrected chi connectivity index (χ4v) is 4.31. The van der Waals surface area contributed by atoms with Crippen molar-refractivity contribution in [1.29, 1.82) is 0 Å². The molecule has 8 nitrogen and oxygen atoms in total. The van der Waals surface area contributed by atoms with E-state index in [9.17, 15) is 9.59 Å². The minimum Gasteiger partial charge on any atom is -0.497 e. The quantitative estimate of drug-likeness (QED) is 0.552. The van der Waals surface area contributed by atoms with E-state index in [0.717, 1.165) is 22.3 Å². The Labute approximate surface area is 184 Å². The third kappa shape index (κ3) is 5.05. The van der Waals surface area contributed by atoms with Gasteiger partial charge in [-0.15, -0.1) is 10.2 Å². The largest absolute Gasteiger partial charge is 0.497 e. The molecule has 1 saturated heterocycles. The second-order valence-corrected chi connectivity index (χ2v) is 8.28. The Bertz CT molecular complexity index is 1080. The van der Waals surface area contributed by atoms with E-state index in [4.69, 9.17) is 4.74 Å². The van der Waals surface area contributed by atoms with Crippen LogP contribution in [0.2, 0.25) is 0 Å². The molecular weight excluding hydrogens is 414 g/mol. The van der Waals surface area contributed by atoms with E-state index in [-0.39, 0.29) is 18.4 Å². The zero-order valence-electron chi connectivity index (χ0n) is 17.3. The van der Waals surface area contributed by atoms with E-state index < -0.39 is 6.03 Å². The Kier molecular flexibility index (Phi) is 6.22. The van der Waals surface area contributed by atoms with Gasteiger partial charge in [0.2, 0.25) is 5.91 Å². The Hall–Kier alpha value is -3.33. The molecule has 3 aromatic rings. The van der Waals surface area contributed by atoms with E-state index in [2.05, 4.69) is 52.0 Å². The SMILES string of the molecule is COc1cccc(-n2c(CC3CC(=O)NC(=O)N3)nnc2SCc2ccc(C)cc2)c1. The maximum absolute atomic E-state index is 11.8. The summed E-state index contributed by atoms with van der Waals surface area (Å²) in [4.78, 5) is 23.5. The van der Waals surface area contributed by atoms with Crippen molar-refractivity contribution >= 4 is 23.7 Å². The van der Waals surface area contributed by atoms with Gasteiger partial charge in [-0.05, 0) is 24.6 Å². The molecule has 1 aliphatic heterocycles. The van der Waals surface area contributed by atoms with Crippen LogP contribution in [0.15, 0.2) is 53.7 Å². The number of thioether (sulfide) groups is 1. The number of imide groups is 1. The van der Waals surface area contributed by atoms with Gasteiger partial charge >= 0.3 is 6.03 Å². The first kappa shape index (κ1) is 20.9. The molecule has 0 radical (unpaired) electrons. The molecule has 3 amide bonds. The monoisotopic (exact) mass is 437 g/mol. The lowest BCUT2D eigenvalue weighted by molar-refractivity contribution is -0.121. The molecule has 1 unspecified atom stereocenters. The molecule has 1 aromatic heterocycles. The van der Waals surface area contributed by atoms with Crippen LogP contribution < -0.4 is 15.4 Å². The molecule has 0 saturated carbocycles. The van der Waals surface area contributed by atoms with E-state index in [1.165, 1.54) is 11.1 Å². The molecule has 1 fully saturated rings. The lowest BCUT2D eigenvalue weighted by atomic mass is 10.1. The molecule has 31 heavy (non-hydrogen) atoms. The van der Waals surface area contributed by atoms with Crippen LogP contribution in [0.25, 0.3) is 5.69 Å². The standard InChI is InChI=1S/C22H23N5O3S/c1-14-6-8-15(9-7-14)13-31-22-26-25-19(10-16-11-20(28)24-21(29)23-16)27(22)17-4-3-5-18(12-17)30-2/h3-9,12,16H,10-11,13H2,1-2H3,(H2,23,24,28,29). The summed E-state index contributed by atoms with van der Waals surface area (Å²) in [5.41, 5.74) is 3.26. The van der Waals surface area contributed by atoms with Crippen LogP contribution >= 0.6 is 11.8 Å². The molecule has 4 rings (SSSR count). The average Bonchev–Trinajstić information content (AvgIpc) is 3.15. The Morgan fingerprint density at radius 2 is 1.97 bits per heavy atom. The highest BCUT2D eigenvalue weighted by Gasteiger charge is 2.26. The van der Waals surface area contributed by atoms with Crippen LogP contribution in [-0.2, 0) is 17.0 Å². The molecule has 0 bridgehead atoms. The van der Waals surface area contributed by atoms with Gasteiger partial charge in [-0.1, -0.05) is 47.7 Å². The highest BCUT2D eigenvalue weighted by atomic mass is 32.2. The molecule has 1 atom stereocenters. The first-order chi connectivity index (χ1) is 15.0. The van der Waals surface area contributed by atoms with Gasteiger partial charge in [-0.2, -0.15) is 0 Å². The topological polar surface area (TPSA) is 98.1 Å². The normalized spacial score (nSPS) is 16.0. The molecule has 0 spiro atoms. The first-order valence-corrected chi connectivity index (χ1v) is 10.9. The maximum Gasteiger partial charge on any atom is 0.321 e. The van der Waals surface area contributed by atoms with Gasteiger partial charge in [0.05, 0.1) is 12.8 Å². The van der Waals surface area contributed by atoms with Gasteiger partial charge in [0.25, 0.3) is 0 Å². The minimum absolute atomic E-state index is 0.197. The molecule has 2 aromatic carbocycles. The number of benzene rings is 2. The number of carbonyl (C=O) groups is 2. The third-order valence-corrected chi connectivity index (χ3v) is 5.95. The number of nitrogens with zero attached hydrogens (tertiary/aromatic N) is 3. The summed E-state index contributed by atoms with van der Waals surface area (Å²) >= 11 is 1.58. The zero-order valence-corrected chi connectivity index (χ0v) is 18.1. The van der Waals surface area contributed by atoms with Crippen LogP contribution in [-0.4, -0.2) is 39.9 Å². The van der Waals surface area contributed by atoms with Crippen molar-refractivity contribution in [3.05, 3.63) is 65.5 Å². The van der Waals surface area contributed by atoms with Gasteiger partial charge in [-0.25, -0.2) is 4.79 Å². The van der Waals surface area contributed by atoms with Crippen LogP contribution in [0, 0.1) is 6.92 Å². The molecule has 160 valence electrons. The summed E-state index contributed by atoms with van der Waals surface area (Å²) in [5.74, 6) is 1.83. The van der Waals surface area contributed by atoms with Gasteiger partial charge in [-0.3, -0.25) is 14.7 Å². The minimum atomic E-state index is -0.484. The van der Waals surface area contributed by atoms with Crippen LogP contribution in [0.5, 0.6) is 5.75 Å². The van der Waals surface area contributed by atoms with Crippen LogP contribution in [0.4, 0.5) is 4.79 Å². The molecule has 2 heterocycles. The van der Waals surface area contributed by atoms with Gasteiger partial charge in [0.15, 0.2) is 5.16 Å². The molecule has 2 N–H and O–H groups in total. The van der Waals surface area contributed by atoms with Crippen molar-refractivity contribution in [2.75, 3.05) is 7.11 Å². The Balaban J connectivity index is 1.63. The van der Waals surface area contributed by atoms with Crippen LogP contribution in [0.1, 0.15) is 23.4 Å². The van der Waals surface area contributed by atoms with E-state index in [1.54, 1.807) is 18.9 Å². The van der Waals surface area contributed by atoms with Crippen molar-refractivity contribution < 1.29 is 14.3 Å². The second-order valence-electron chi connectivity index (χ2n) is 7.34. The van der Waals surface area contributed by atoms with Crippen molar-refractivity contribution in [1.82, 2.24) is 25.4 Å². The van der Waals surface area contributed by atoms with Crippen molar-refractivity contribution in [2.45, 2.75) is 36.7 Å². The second kappa shape index (κ2) is 9.22. The number of ether oxygens (including phenoxy) is 1. The summed E-state index contributed by atoms with van der Waals surface area (Å²) in [7, 11) is 1.62. The zero-order chi connectivity index (χ0) is 21.8. The number of urea groups is 1. The summed E-state index contributed by atoms with van der Waals surface area (Å²) in [5, 5.41) is 14.6. The smallest absolute Gasteiger partial charge is 0.321 e. The highest BCUT2D eigenvalue weighted by Crippen LogP contribution is 2.28. The first-order valence-electron chi connectivity index (χ1n) is 9.89. The predicted molar refractivity (Wildman–Crippen MR) is 117 cm³/mol. The molecular formula is C22H23N5O3S. The fourth-order valence-electron chi connectivity index (χ4n) is 3.38. The number of amides is 3. The van der Waals surface area contributed by atoms with E-state index in [1.807, 2.05) is 28.8 Å². The number of aryl methyl sites for hydroxylation is 1. The number of hydrogen-bond donors (Lipinski definition) is 2. The van der Waals surface area contributed by atoms with Crippen LogP contribution in [0.3, 0.4) is 0 Å². The summed E-state index contributed by atoms with van der Waals surface area (Å²) in [6, 6.07) is 15.2. The maximum atomic E-state index is 11.8. The van der Waals surface area contributed by atoms with E-state index in [0.29, 0.717) is 12.2 Å². The molecule has 9 heteroatoms. The number of rotatable bonds is 7. The lowest BCUT2D eigenvalue weighted by Gasteiger charge is -2.23. The Morgan fingerprint density at radius 1 is 1.16 bits per heavy atom. The fraction of sp³-hybridized carbons (Fsp3) is 0.273. The van der Waals surface area contributed by atoms with Gasteiger partial charge < -0.3 is 10.1 Å². The summed E-state index contributed by atoms with van der Waals surface area (Å²) in [6.45, 7) is 2.06. The molecule has 1 aliphatic rings. The third-order valence-electron chi connectivity index (χ3n) is 4.95. The number of aromatic nitrogens is 3. The molecule has 0 aliphatic carbocycles. The number of nitrogens with one attached hydrogen (secondary N) is 2. The number of methoxy groups -OCH3 is 1. The average molecular weight is 438 g/mol. The summed E-state index contributed by atoms with van der Waals surface area (Å²) in [6.07, 6.45) is 0.580. The van der Waals surface area contributed by atoms with Gasteiger partial charge in [0, 0.05) is 30.7 Å². The Morgan fingerprint density at radius 3 is 2.71 bits per heavy atom.